The molecule has 0 bridgehead atoms. The van der Waals surface area contributed by atoms with E-state index in [2.05, 4.69) is 10.5 Å². The van der Waals surface area contributed by atoms with Gasteiger partial charge in [0.15, 0.2) is 5.76 Å². The molecule has 6 heteroatoms. The molecule has 0 aliphatic heterocycles. The second-order valence-electron chi connectivity index (χ2n) is 3.82. The molecule has 0 atom stereocenters. The van der Waals surface area contributed by atoms with Crippen LogP contribution >= 0.6 is 0 Å². The molecule has 1 heterocycles. The minimum atomic E-state index is -0.457. The zero-order chi connectivity index (χ0) is 13.1. The highest BCUT2D eigenvalue weighted by Crippen LogP contribution is 2.22. The largest absolute Gasteiger partial charge is 0.508 e. The number of phenols is 2. The van der Waals surface area contributed by atoms with Gasteiger partial charge in [-0.1, -0.05) is 5.16 Å². The Balaban J connectivity index is 2.03. The van der Waals surface area contributed by atoms with Gasteiger partial charge in [-0.2, -0.15) is 0 Å². The first kappa shape index (κ1) is 12.0. The standard InChI is InChI=1S/C12H12N2O4/c1-7-4-9(18-14-7)6-13-12(17)10-3-2-8(15)5-11(10)16/h2-5,15-16H,6H2,1H3,(H,13,17). The number of hydrogen-bond donors (Lipinski definition) is 3. The van der Waals surface area contributed by atoms with Crippen LogP contribution in [-0.2, 0) is 6.54 Å². The molecular formula is C12H12N2O4. The molecule has 1 amide bonds. The molecule has 0 radical (unpaired) electrons. The van der Waals surface area contributed by atoms with Crippen LogP contribution in [0.3, 0.4) is 0 Å². The fourth-order valence-electron chi connectivity index (χ4n) is 1.47. The fraction of sp³-hybridized carbons (Fsp3) is 0.167. The summed E-state index contributed by atoms with van der Waals surface area (Å²) in [5, 5.41) is 24.9. The van der Waals surface area contributed by atoms with Gasteiger partial charge in [-0.05, 0) is 19.1 Å². The van der Waals surface area contributed by atoms with E-state index >= 15 is 0 Å². The predicted molar refractivity (Wildman–Crippen MR) is 62.2 cm³/mol. The van der Waals surface area contributed by atoms with Crippen molar-refractivity contribution in [3.8, 4) is 11.5 Å². The van der Waals surface area contributed by atoms with Gasteiger partial charge in [0.2, 0.25) is 0 Å². The van der Waals surface area contributed by atoms with E-state index < -0.39 is 5.91 Å². The van der Waals surface area contributed by atoms with E-state index in [-0.39, 0.29) is 23.6 Å². The van der Waals surface area contributed by atoms with Crippen LogP contribution in [0.4, 0.5) is 0 Å². The molecule has 6 nitrogen and oxygen atoms in total. The third kappa shape index (κ3) is 2.60. The van der Waals surface area contributed by atoms with Crippen molar-refractivity contribution in [1.29, 1.82) is 0 Å². The van der Waals surface area contributed by atoms with E-state index in [4.69, 9.17) is 9.63 Å². The molecule has 0 saturated carbocycles. The average Bonchev–Trinajstić information content (AvgIpc) is 2.72. The lowest BCUT2D eigenvalue weighted by atomic mass is 10.2. The quantitative estimate of drug-likeness (QED) is 0.761. The summed E-state index contributed by atoms with van der Waals surface area (Å²) in [5.74, 6) is -0.308. The summed E-state index contributed by atoms with van der Waals surface area (Å²) in [6.45, 7) is 1.96. The third-order valence-electron chi connectivity index (χ3n) is 2.33. The summed E-state index contributed by atoms with van der Waals surface area (Å²) in [4.78, 5) is 11.7. The number of phenolic OH excluding ortho intramolecular Hbond substituents is 2. The lowest BCUT2D eigenvalue weighted by molar-refractivity contribution is 0.0944. The van der Waals surface area contributed by atoms with Crippen molar-refractivity contribution in [3.63, 3.8) is 0 Å². The highest BCUT2D eigenvalue weighted by molar-refractivity contribution is 5.96. The van der Waals surface area contributed by atoms with Gasteiger partial charge < -0.3 is 20.1 Å². The minimum Gasteiger partial charge on any atom is -0.508 e. The first-order valence-corrected chi connectivity index (χ1v) is 5.28. The zero-order valence-corrected chi connectivity index (χ0v) is 9.67. The fourth-order valence-corrected chi connectivity index (χ4v) is 1.47. The number of nitrogens with one attached hydrogen (secondary N) is 1. The van der Waals surface area contributed by atoms with Crippen molar-refractivity contribution in [1.82, 2.24) is 10.5 Å². The molecule has 0 aliphatic carbocycles. The molecular weight excluding hydrogens is 236 g/mol. The summed E-state index contributed by atoms with van der Waals surface area (Å²) in [5.41, 5.74) is 0.816. The van der Waals surface area contributed by atoms with Crippen LogP contribution < -0.4 is 5.32 Å². The number of nitrogens with zero attached hydrogens (tertiary/aromatic N) is 1. The first-order chi connectivity index (χ1) is 8.56. The maximum Gasteiger partial charge on any atom is 0.255 e. The van der Waals surface area contributed by atoms with Crippen LogP contribution in [0.1, 0.15) is 21.8 Å². The summed E-state index contributed by atoms with van der Waals surface area (Å²) < 4.78 is 4.93. The molecule has 1 aromatic heterocycles. The second kappa shape index (κ2) is 4.79. The molecule has 18 heavy (non-hydrogen) atoms. The molecule has 2 rings (SSSR count). The SMILES string of the molecule is Cc1cc(CNC(=O)c2ccc(O)cc2O)on1. The number of hydrogen-bond acceptors (Lipinski definition) is 5. The van der Waals surface area contributed by atoms with Crippen LogP contribution in [0.2, 0.25) is 0 Å². The second-order valence-corrected chi connectivity index (χ2v) is 3.82. The van der Waals surface area contributed by atoms with Crippen LogP contribution in [0.25, 0.3) is 0 Å². The van der Waals surface area contributed by atoms with Crippen LogP contribution in [0.5, 0.6) is 11.5 Å². The number of aromatic hydroxyl groups is 2. The Morgan fingerprint density at radius 2 is 2.17 bits per heavy atom. The maximum atomic E-state index is 11.7. The Morgan fingerprint density at radius 3 is 2.78 bits per heavy atom. The van der Waals surface area contributed by atoms with E-state index in [1.165, 1.54) is 12.1 Å². The number of aryl methyl sites for hydroxylation is 1. The number of carbonyl (C=O) groups is 1. The zero-order valence-electron chi connectivity index (χ0n) is 9.67. The van der Waals surface area contributed by atoms with Crippen LogP contribution in [0, 0.1) is 6.92 Å². The van der Waals surface area contributed by atoms with Gasteiger partial charge in [-0.15, -0.1) is 0 Å². The van der Waals surface area contributed by atoms with E-state index in [1.54, 1.807) is 13.0 Å². The normalized spacial score (nSPS) is 10.3. The average molecular weight is 248 g/mol. The van der Waals surface area contributed by atoms with Crippen molar-refractivity contribution in [2.45, 2.75) is 13.5 Å². The molecule has 2 aromatic rings. The van der Waals surface area contributed by atoms with Crippen molar-refractivity contribution in [2.24, 2.45) is 0 Å². The van der Waals surface area contributed by atoms with E-state index in [0.29, 0.717) is 5.76 Å². The van der Waals surface area contributed by atoms with E-state index in [1.807, 2.05) is 0 Å². The Bertz CT molecular complexity index is 577. The lowest BCUT2D eigenvalue weighted by Crippen LogP contribution is -2.22. The Kier molecular flexibility index (Phi) is 3.18. The van der Waals surface area contributed by atoms with Crippen LogP contribution in [-0.4, -0.2) is 21.3 Å². The van der Waals surface area contributed by atoms with Crippen molar-refractivity contribution >= 4 is 5.91 Å². The van der Waals surface area contributed by atoms with Gasteiger partial charge in [0.1, 0.15) is 11.5 Å². The Hall–Kier alpha value is -2.50. The molecule has 0 aliphatic rings. The number of aromatic nitrogens is 1. The van der Waals surface area contributed by atoms with Gasteiger partial charge in [0.25, 0.3) is 5.91 Å². The number of benzene rings is 1. The van der Waals surface area contributed by atoms with E-state index in [0.717, 1.165) is 11.8 Å². The molecule has 0 saturated heterocycles. The Labute approximate surface area is 103 Å². The van der Waals surface area contributed by atoms with Crippen molar-refractivity contribution in [3.05, 3.63) is 41.3 Å². The van der Waals surface area contributed by atoms with Crippen LogP contribution in [0.15, 0.2) is 28.8 Å². The topological polar surface area (TPSA) is 95.6 Å². The molecule has 1 aromatic carbocycles. The lowest BCUT2D eigenvalue weighted by Gasteiger charge is -2.05. The number of rotatable bonds is 3. The highest BCUT2D eigenvalue weighted by atomic mass is 16.5. The predicted octanol–water partition coefficient (Wildman–Crippen LogP) is 1.32. The Morgan fingerprint density at radius 1 is 1.39 bits per heavy atom. The third-order valence-corrected chi connectivity index (χ3v) is 2.33. The highest BCUT2D eigenvalue weighted by Gasteiger charge is 2.12. The van der Waals surface area contributed by atoms with Crippen molar-refractivity contribution in [2.75, 3.05) is 0 Å². The van der Waals surface area contributed by atoms with Gasteiger partial charge in [0, 0.05) is 12.1 Å². The van der Waals surface area contributed by atoms with E-state index in [9.17, 15) is 9.90 Å². The summed E-state index contributed by atoms with van der Waals surface area (Å²) in [6, 6.07) is 5.48. The van der Waals surface area contributed by atoms with Gasteiger partial charge in [-0.3, -0.25) is 4.79 Å². The summed E-state index contributed by atoms with van der Waals surface area (Å²) >= 11 is 0. The number of amides is 1. The molecule has 0 unspecified atom stereocenters. The van der Waals surface area contributed by atoms with Gasteiger partial charge in [0.05, 0.1) is 17.8 Å². The molecule has 0 spiro atoms. The van der Waals surface area contributed by atoms with Gasteiger partial charge >= 0.3 is 0 Å². The smallest absolute Gasteiger partial charge is 0.255 e. The molecule has 0 fully saturated rings. The monoisotopic (exact) mass is 248 g/mol. The first-order valence-electron chi connectivity index (χ1n) is 5.28. The van der Waals surface area contributed by atoms with Crippen molar-refractivity contribution < 1.29 is 19.5 Å². The summed E-state index contributed by atoms with van der Waals surface area (Å²) in [7, 11) is 0. The maximum absolute atomic E-state index is 11.7. The van der Waals surface area contributed by atoms with Gasteiger partial charge in [-0.25, -0.2) is 0 Å². The summed E-state index contributed by atoms with van der Waals surface area (Å²) in [6.07, 6.45) is 0. The molecule has 94 valence electrons. The molecule has 3 N–H and O–H groups in total. The number of carbonyl (C=O) groups excluding carboxylic acids is 1. The minimum absolute atomic E-state index is 0.0871.